The van der Waals surface area contributed by atoms with Crippen LogP contribution in [0, 0.1) is 0 Å². The van der Waals surface area contributed by atoms with Gasteiger partial charge in [0, 0.05) is 30.3 Å². The summed E-state index contributed by atoms with van der Waals surface area (Å²) >= 11 is 5.93. The van der Waals surface area contributed by atoms with Crippen LogP contribution in [-0.4, -0.2) is 51.0 Å². The van der Waals surface area contributed by atoms with Gasteiger partial charge in [0.2, 0.25) is 11.8 Å². The van der Waals surface area contributed by atoms with Gasteiger partial charge in [-0.05, 0) is 55.7 Å². The Bertz CT molecular complexity index is 995. The Hall–Kier alpha value is -3.46. The molecule has 4 N–H and O–H groups in total. The molecule has 0 aliphatic carbocycles. The summed E-state index contributed by atoms with van der Waals surface area (Å²) in [6.07, 6.45) is 2.44. The summed E-state index contributed by atoms with van der Waals surface area (Å²) in [5.74, 6) is -3.72. The van der Waals surface area contributed by atoms with Gasteiger partial charge in [-0.2, -0.15) is 0 Å². The zero-order valence-electron chi connectivity index (χ0n) is 18.2. The van der Waals surface area contributed by atoms with E-state index in [-0.39, 0.29) is 12.8 Å². The fourth-order valence-corrected chi connectivity index (χ4v) is 3.22. The van der Waals surface area contributed by atoms with Gasteiger partial charge in [-0.25, -0.2) is 4.79 Å². The lowest BCUT2D eigenvalue weighted by molar-refractivity contribution is -0.143. The maximum absolute atomic E-state index is 13.2. The first-order valence-electron chi connectivity index (χ1n) is 10.2. The smallest absolute Gasteiger partial charge is 0.326 e. The molecule has 2 atom stereocenters. The van der Waals surface area contributed by atoms with Gasteiger partial charge in [0.05, 0.1) is 5.41 Å². The van der Waals surface area contributed by atoms with E-state index in [0.29, 0.717) is 16.1 Å². The molecule has 1 aromatic heterocycles. The molecule has 0 saturated heterocycles. The first-order chi connectivity index (χ1) is 15.5. The van der Waals surface area contributed by atoms with Crippen LogP contribution in [0.25, 0.3) is 0 Å². The molecule has 0 unspecified atom stereocenters. The minimum Gasteiger partial charge on any atom is -0.481 e. The number of carboxylic acids is 2. The van der Waals surface area contributed by atoms with Gasteiger partial charge >= 0.3 is 11.9 Å². The van der Waals surface area contributed by atoms with Crippen molar-refractivity contribution in [3.05, 3.63) is 64.9 Å². The third-order valence-electron chi connectivity index (χ3n) is 5.21. The number of hydrogen-bond acceptors (Lipinski definition) is 5. The highest BCUT2D eigenvalue weighted by molar-refractivity contribution is 6.30. The third-order valence-corrected chi connectivity index (χ3v) is 5.46. The molecule has 0 bridgehead atoms. The summed E-state index contributed by atoms with van der Waals surface area (Å²) < 4.78 is 0. The van der Waals surface area contributed by atoms with Crippen molar-refractivity contribution in [3.63, 3.8) is 0 Å². The molecular formula is C23H26ClN3O6. The average molecular weight is 476 g/mol. The summed E-state index contributed by atoms with van der Waals surface area (Å²) in [6, 6.07) is 7.59. The Morgan fingerprint density at radius 1 is 0.970 bits per heavy atom. The van der Waals surface area contributed by atoms with Gasteiger partial charge in [-0.1, -0.05) is 23.7 Å². The molecular weight excluding hydrogens is 450 g/mol. The zero-order valence-corrected chi connectivity index (χ0v) is 19.0. The molecule has 1 aromatic carbocycles. The summed E-state index contributed by atoms with van der Waals surface area (Å²) in [6.45, 7) is 3.39. The first-order valence-corrected chi connectivity index (χ1v) is 10.6. The van der Waals surface area contributed by atoms with Crippen molar-refractivity contribution < 1.29 is 29.4 Å². The Balaban J connectivity index is 2.24. The number of aliphatic carboxylic acids is 2. The normalized spacial score (nSPS) is 12.9. The van der Waals surface area contributed by atoms with Crippen molar-refractivity contribution in [1.82, 2.24) is 15.6 Å². The van der Waals surface area contributed by atoms with E-state index in [1.807, 2.05) is 0 Å². The largest absolute Gasteiger partial charge is 0.481 e. The van der Waals surface area contributed by atoms with Gasteiger partial charge in [0.25, 0.3) is 0 Å². The molecule has 0 radical (unpaired) electrons. The van der Waals surface area contributed by atoms with Crippen LogP contribution in [0.15, 0.2) is 48.8 Å². The standard InChI is InChI=1S/C23H26ClN3O6/c1-23(2,15-3-5-16(24)6-4-15)22(33)27-18(13-14-9-11-25-12-10-14)20(30)26-17(21(31)32)7-8-19(28)29/h3-6,9-12,17-18H,7-8,13H2,1-2H3,(H,26,30)(H,27,33)(H,28,29)(H,31,32)/t17-,18+/m1/s1. The molecule has 0 spiro atoms. The maximum atomic E-state index is 13.2. The average Bonchev–Trinajstić information content (AvgIpc) is 2.76. The van der Waals surface area contributed by atoms with Crippen LogP contribution >= 0.6 is 11.6 Å². The molecule has 1 heterocycles. The minimum atomic E-state index is -1.41. The number of carboxylic acid groups (broad SMARTS) is 2. The van der Waals surface area contributed by atoms with Crippen LogP contribution in [-0.2, 0) is 31.0 Å². The molecule has 33 heavy (non-hydrogen) atoms. The van der Waals surface area contributed by atoms with E-state index in [4.69, 9.17) is 16.7 Å². The topological polar surface area (TPSA) is 146 Å². The van der Waals surface area contributed by atoms with Crippen molar-refractivity contribution >= 4 is 35.4 Å². The lowest BCUT2D eigenvalue weighted by Crippen LogP contribution is -2.55. The molecule has 2 rings (SSSR count). The van der Waals surface area contributed by atoms with E-state index in [1.165, 1.54) is 12.4 Å². The van der Waals surface area contributed by atoms with Crippen LogP contribution in [0.5, 0.6) is 0 Å². The molecule has 2 aromatic rings. The maximum Gasteiger partial charge on any atom is 0.326 e. The number of hydrogen-bond donors (Lipinski definition) is 4. The Kier molecular flexibility index (Phi) is 8.93. The predicted octanol–water partition coefficient (Wildman–Crippen LogP) is 2.17. The highest BCUT2D eigenvalue weighted by atomic mass is 35.5. The number of carbonyl (C=O) groups is 4. The number of amides is 2. The Morgan fingerprint density at radius 3 is 2.12 bits per heavy atom. The monoisotopic (exact) mass is 475 g/mol. The molecule has 10 heteroatoms. The molecule has 9 nitrogen and oxygen atoms in total. The van der Waals surface area contributed by atoms with Gasteiger partial charge in [0.1, 0.15) is 12.1 Å². The van der Waals surface area contributed by atoms with Crippen molar-refractivity contribution in [2.45, 2.75) is 50.6 Å². The Labute approximate surface area is 196 Å². The number of benzene rings is 1. The highest BCUT2D eigenvalue weighted by Crippen LogP contribution is 2.25. The summed E-state index contributed by atoms with van der Waals surface area (Å²) in [5, 5.41) is 23.8. The van der Waals surface area contributed by atoms with E-state index in [1.54, 1.807) is 50.2 Å². The van der Waals surface area contributed by atoms with Crippen molar-refractivity contribution in [2.75, 3.05) is 0 Å². The van der Waals surface area contributed by atoms with Crippen LogP contribution in [0.2, 0.25) is 5.02 Å². The lowest BCUT2D eigenvalue weighted by Gasteiger charge is -2.28. The van der Waals surface area contributed by atoms with E-state index < -0.39 is 47.7 Å². The number of nitrogens with zero attached hydrogens (tertiary/aromatic N) is 1. The number of nitrogens with one attached hydrogen (secondary N) is 2. The van der Waals surface area contributed by atoms with Crippen LogP contribution < -0.4 is 10.6 Å². The van der Waals surface area contributed by atoms with E-state index in [9.17, 15) is 24.3 Å². The molecule has 2 amide bonds. The number of carbonyl (C=O) groups excluding carboxylic acids is 2. The summed E-state index contributed by atoms with van der Waals surface area (Å²) in [4.78, 5) is 52.4. The second kappa shape index (κ2) is 11.4. The van der Waals surface area contributed by atoms with E-state index in [2.05, 4.69) is 15.6 Å². The molecule has 0 saturated carbocycles. The van der Waals surface area contributed by atoms with Crippen molar-refractivity contribution in [2.24, 2.45) is 0 Å². The molecule has 0 aliphatic heterocycles. The minimum absolute atomic E-state index is 0.0854. The van der Waals surface area contributed by atoms with Crippen LogP contribution in [0.4, 0.5) is 0 Å². The van der Waals surface area contributed by atoms with Gasteiger partial charge in [-0.3, -0.25) is 19.4 Å². The van der Waals surface area contributed by atoms with Crippen molar-refractivity contribution in [1.29, 1.82) is 0 Å². The highest BCUT2D eigenvalue weighted by Gasteiger charge is 2.34. The third kappa shape index (κ3) is 7.57. The number of rotatable bonds is 11. The second-order valence-electron chi connectivity index (χ2n) is 8.05. The Morgan fingerprint density at radius 2 is 1.58 bits per heavy atom. The van der Waals surface area contributed by atoms with Crippen LogP contribution in [0.3, 0.4) is 0 Å². The van der Waals surface area contributed by atoms with Gasteiger partial charge in [-0.15, -0.1) is 0 Å². The number of aromatic nitrogens is 1. The van der Waals surface area contributed by atoms with Gasteiger partial charge in [0.15, 0.2) is 0 Å². The lowest BCUT2D eigenvalue weighted by atomic mass is 9.83. The molecule has 176 valence electrons. The predicted molar refractivity (Wildman–Crippen MR) is 121 cm³/mol. The second-order valence-corrected chi connectivity index (χ2v) is 8.49. The van der Waals surface area contributed by atoms with Crippen LogP contribution in [0.1, 0.15) is 37.8 Å². The van der Waals surface area contributed by atoms with Crippen molar-refractivity contribution in [3.8, 4) is 0 Å². The number of pyridine rings is 1. The quantitative estimate of drug-likeness (QED) is 0.389. The number of halogens is 1. The fraction of sp³-hybridized carbons (Fsp3) is 0.348. The first kappa shape index (κ1) is 25.8. The molecule has 0 aliphatic rings. The molecule has 0 fully saturated rings. The van der Waals surface area contributed by atoms with Gasteiger partial charge < -0.3 is 20.8 Å². The fourth-order valence-electron chi connectivity index (χ4n) is 3.10. The van der Waals surface area contributed by atoms with E-state index >= 15 is 0 Å². The SMILES string of the molecule is CC(C)(C(=O)N[C@@H](Cc1ccncc1)C(=O)N[C@H](CCC(=O)O)C(=O)O)c1ccc(Cl)cc1. The summed E-state index contributed by atoms with van der Waals surface area (Å²) in [5.41, 5.74) is 0.362. The zero-order chi connectivity index (χ0) is 24.6. The van der Waals surface area contributed by atoms with E-state index in [0.717, 1.165) is 0 Å². The summed E-state index contributed by atoms with van der Waals surface area (Å²) in [7, 11) is 0.